The molecule has 0 unspecified atom stereocenters. The van der Waals surface area contributed by atoms with Crippen LogP contribution >= 0.6 is 0 Å². The second-order valence-electron chi connectivity index (χ2n) is 6.03. The van der Waals surface area contributed by atoms with Gasteiger partial charge in [0.15, 0.2) is 0 Å². The molecule has 1 rings (SSSR count). The number of carbonyl (C=O) groups excluding carboxylic acids is 2. The number of anilines is 1. The van der Waals surface area contributed by atoms with Crippen molar-refractivity contribution in [3.05, 3.63) is 18.2 Å². The molecule has 0 aliphatic carbocycles. The standard InChI is InChI=1S/C18H29N3O4/c1-14(22)21(11-6-10-20(2)3)12-9-18(23)19-16-8-7-15(24-4)13-17(16)25-5/h7-8,13H,6,9-12H2,1-5H3,(H,19,23). The highest BCUT2D eigenvalue weighted by atomic mass is 16.5. The smallest absolute Gasteiger partial charge is 0.226 e. The number of rotatable bonds is 10. The van der Waals surface area contributed by atoms with Gasteiger partial charge in [-0.25, -0.2) is 0 Å². The fourth-order valence-corrected chi connectivity index (χ4v) is 2.36. The van der Waals surface area contributed by atoms with Crippen molar-refractivity contribution in [1.29, 1.82) is 0 Å². The van der Waals surface area contributed by atoms with Crippen LogP contribution in [0.1, 0.15) is 19.8 Å². The molecule has 2 amide bonds. The maximum Gasteiger partial charge on any atom is 0.226 e. The van der Waals surface area contributed by atoms with Crippen LogP contribution in [0.15, 0.2) is 18.2 Å². The highest BCUT2D eigenvalue weighted by molar-refractivity contribution is 5.92. The van der Waals surface area contributed by atoms with E-state index in [0.717, 1.165) is 13.0 Å². The second-order valence-corrected chi connectivity index (χ2v) is 6.03. The molecule has 0 aromatic heterocycles. The summed E-state index contributed by atoms with van der Waals surface area (Å²) in [7, 11) is 7.09. The van der Waals surface area contributed by atoms with E-state index in [1.54, 1.807) is 30.2 Å². The largest absolute Gasteiger partial charge is 0.497 e. The first kappa shape index (κ1) is 20.8. The predicted molar refractivity (Wildman–Crippen MR) is 98.2 cm³/mol. The lowest BCUT2D eigenvalue weighted by molar-refractivity contribution is -0.129. The molecule has 1 N–H and O–H groups in total. The van der Waals surface area contributed by atoms with E-state index in [0.29, 0.717) is 30.3 Å². The van der Waals surface area contributed by atoms with Gasteiger partial charge >= 0.3 is 0 Å². The number of hydrogen-bond acceptors (Lipinski definition) is 5. The van der Waals surface area contributed by atoms with Crippen LogP contribution in [0.25, 0.3) is 0 Å². The van der Waals surface area contributed by atoms with E-state index in [9.17, 15) is 9.59 Å². The molecule has 0 radical (unpaired) electrons. The Balaban J connectivity index is 2.56. The number of carbonyl (C=O) groups is 2. The molecular formula is C18H29N3O4. The fourth-order valence-electron chi connectivity index (χ4n) is 2.36. The normalized spacial score (nSPS) is 10.5. The molecule has 0 heterocycles. The first-order chi connectivity index (χ1) is 11.9. The monoisotopic (exact) mass is 351 g/mol. The maximum atomic E-state index is 12.2. The van der Waals surface area contributed by atoms with Crippen LogP contribution in [0.5, 0.6) is 11.5 Å². The van der Waals surface area contributed by atoms with Gasteiger partial charge < -0.3 is 24.6 Å². The van der Waals surface area contributed by atoms with Crippen molar-refractivity contribution in [3.8, 4) is 11.5 Å². The summed E-state index contributed by atoms with van der Waals surface area (Å²) in [6.07, 6.45) is 1.11. The minimum absolute atomic E-state index is 0.0198. The number of benzene rings is 1. The van der Waals surface area contributed by atoms with E-state index in [1.807, 2.05) is 14.1 Å². The van der Waals surface area contributed by atoms with E-state index in [2.05, 4.69) is 10.2 Å². The minimum Gasteiger partial charge on any atom is -0.497 e. The molecule has 1 aromatic carbocycles. The zero-order chi connectivity index (χ0) is 18.8. The average Bonchev–Trinajstić information content (AvgIpc) is 2.57. The molecule has 0 saturated carbocycles. The van der Waals surface area contributed by atoms with Gasteiger partial charge in [0.05, 0.1) is 19.9 Å². The molecule has 7 nitrogen and oxygen atoms in total. The molecular weight excluding hydrogens is 322 g/mol. The van der Waals surface area contributed by atoms with Crippen LogP contribution in [0.4, 0.5) is 5.69 Å². The van der Waals surface area contributed by atoms with E-state index < -0.39 is 0 Å². The lowest BCUT2D eigenvalue weighted by Crippen LogP contribution is -2.34. The van der Waals surface area contributed by atoms with Gasteiger partial charge in [-0.3, -0.25) is 9.59 Å². The minimum atomic E-state index is -0.165. The van der Waals surface area contributed by atoms with Crippen LogP contribution in [0.3, 0.4) is 0 Å². The van der Waals surface area contributed by atoms with Crippen LogP contribution in [-0.4, -0.2) is 69.6 Å². The third kappa shape index (κ3) is 7.43. The first-order valence-corrected chi connectivity index (χ1v) is 8.29. The summed E-state index contributed by atoms with van der Waals surface area (Å²) >= 11 is 0. The lowest BCUT2D eigenvalue weighted by Gasteiger charge is -2.22. The van der Waals surface area contributed by atoms with Crippen molar-refractivity contribution in [3.63, 3.8) is 0 Å². The topological polar surface area (TPSA) is 71.1 Å². The van der Waals surface area contributed by atoms with E-state index in [-0.39, 0.29) is 18.2 Å². The number of methoxy groups -OCH3 is 2. The summed E-state index contributed by atoms with van der Waals surface area (Å²) in [5.74, 6) is 0.997. The molecule has 7 heteroatoms. The van der Waals surface area contributed by atoms with Crippen LogP contribution < -0.4 is 14.8 Å². The van der Waals surface area contributed by atoms with Crippen LogP contribution in [0.2, 0.25) is 0 Å². The Hall–Kier alpha value is -2.28. The quantitative estimate of drug-likeness (QED) is 0.696. The van der Waals surface area contributed by atoms with Crippen molar-refractivity contribution >= 4 is 17.5 Å². The molecule has 25 heavy (non-hydrogen) atoms. The SMILES string of the molecule is COc1ccc(NC(=O)CCN(CCCN(C)C)C(C)=O)c(OC)c1. The molecule has 0 aliphatic rings. The van der Waals surface area contributed by atoms with Crippen molar-refractivity contribution in [1.82, 2.24) is 9.80 Å². The predicted octanol–water partition coefficient (Wildman–Crippen LogP) is 1.83. The fraction of sp³-hybridized carbons (Fsp3) is 0.556. The Morgan fingerprint density at radius 3 is 2.36 bits per heavy atom. The highest BCUT2D eigenvalue weighted by Gasteiger charge is 2.13. The first-order valence-electron chi connectivity index (χ1n) is 8.29. The number of nitrogens with one attached hydrogen (secondary N) is 1. The molecule has 0 fully saturated rings. The lowest BCUT2D eigenvalue weighted by atomic mass is 10.2. The van der Waals surface area contributed by atoms with Crippen molar-refractivity contribution < 1.29 is 19.1 Å². The number of nitrogens with zero attached hydrogens (tertiary/aromatic N) is 2. The van der Waals surface area contributed by atoms with E-state index in [4.69, 9.17) is 9.47 Å². The van der Waals surface area contributed by atoms with Crippen molar-refractivity contribution in [2.45, 2.75) is 19.8 Å². The summed E-state index contributed by atoms with van der Waals surface area (Å²) in [6.45, 7) is 3.47. The Labute approximate surface area is 149 Å². The maximum absolute atomic E-state index is 12.2. The molecule has 140 valence electrons. The van der Waals surface area contributed by atoms with Crippen molar-refractivity contribution in [2.75, 3.05) is 53.3 Å². The third-order valence-corrected chi connectivity index (χ3v) is 3.77. The number of amides is 2. The molecule has 0 spiro atoms. The third-order valence-electron chi connectivity index (χ3n) is 3.77. The number of ether oxygens (including phenoxy) is 2. The van der Waals surface area contributed by atoms with E-state index >= 15 is 0 Å². The Morgan fingerprint density at radius 2 is 1.80 bits per heavy atom. The Bertz CT molecular complexity index is 575. The summed E-state index contributed by atoms with van der Waals surface area (Å²) in [5, 5.41) is 2.82. The van der Waals surface area contributed by atoms with Gasteiger partial charge in [-0.15, -0.1) is 0 Å². The molecule has 0 aliphatic heterocycles. The van der Waals surface area contributed by atoms with Gasteiger partial charge in [-0.1, -0.05) is 0 Å². The Morgan fingerprint density at radius 1 is 1.08 bits per heavy atom. The van der Waals surface area contributed by atoms with Gasteiger partial charge in [0.1, 0.15) is 11.5 Å². The molecule has 1 aromatic rings. The molecule has 0 atom stereocenters. The summed E-state index contributed by atoms with van der Waals surface area (Å²) in [4.78, 5) is 27.7. The van der Waals surface area contributed by atoms with Crippen molar-refractivity contribution in [2.24, 2.45) is 0 Å². The summed E-state index contributed by atoms with van der Waals surface area (Å²) in [6, 6.07) is 5.19. The molecule has 0 saturated heterocycles. The van der Waals surface area contributed by atoms with Crippen LogP contribution in [0, 0.1) is 0 Å². The van der Waals surface area contributed by atoms with Gasteiger partial charge in [-0.2, -0.15) is 0 Å². The highest BCUT2D eigenvalue weighted by Crippen LogP contribution is 2.29. The van der Waals surface area contributed by atoms with Gasteiger partial charge in [0.2, 0.25) is 11.8 Å². The zero-order valence-corrected chi connectivity index (χ0v) is 15.8. The van der Waals surface area contributed by atoms with Gasteiger partial charge in [0.25, 0.3) is 0 Å². The Kier molecular flexibility index (Phi) is 8.77. The summed E-state index contributed by atoms with van der Waals surface area (Å²) < 4.78 is 10.4. The zero-order valence-electron chi connectivity index (χ0n) is 15.8. The second kappa shape index (κ2) is 10.6. The van der Waals surface area contributed by atoms with E-state index in [1.165, 1.54) is 14.0 Å². The van der Waals surface area contributed by atoms with Gasteiger partial charge in [0, 0.05) is 32.5 Å². The van der Waals surface area contributed by atoms with Crippen LogP contribution in [-0.2, 0) is 9.59 Å². The molecule has 0 bridgehead atoms. The summed E-state index contributed by atoms with van der Waals surface area (Å²) in [5.41, 5.74) is 0.579. The van der Waals surface area contributed by atoms with Gasteiger partial charge in [-0.05, 0) is 39.2 Å². The average molecular weight is 351 g/mol. The number of hydrogen-bond donors (Lipinski definition) is 1.